The Balaban J connectivity index is 2.78. The first-order chi connectivity index (χ1) is 10.4. The molecule has 2 N–H and O–H groups in total. The van der Waals surface area contributed by atoms with Gasteiger partial charge in [-0.3, -0.25) is 4.79 Å². The number of carboxylic acid groups (broad SMARTS) is 1. The minimum Gasteiger partial charge on any atom is -0.477 e. The van der Waals surface area contributed by atoms with Crippen LogP contribution in [0.1, 0.15) is 10.5 Å². The zero-order valence-electron chi connectivity index (χ0n) is 12.1. The van der Waals surface area contributed by atoms with Gasteiger partial charge in [-0.1, -0.05) is 0 Å². The normalized spacial score (nSPS) is 12.4. The Bertz CT molecular complexity index is 698. The number of hydrogen-bond acceptors (Lipinski definition) is 4. The maximum Gasteiger partial charge on any atom is 0.471 e. The Morgan fingerprint density at radius 1 is 1.26 bits per heavy atom. The lowest BCUT2D eigenvalue weighted by Gasteiger charge is -2.22. The van der Waals surface area contributed by atoms with Crippen molar-refractivity contribution in [1.29, 1.82) is 0 Å². The van der Waals surface area contributed by atoms with E-state index in [0.29, 0.717) is 4.90 Å². The molecule has 0 bridgehead atoms. The van der Waals surface area contributed by atoms with Gasteiger partial charge >= 0.3 is 18.1 Å². The molecular formula is C11H14F3N3O5S. The zero-order valence-corrected chi connectivity index (χ0v) is 12.9. The molecule has 1 rings (SSSR count). The number of carbonyl (C=O) groups is 2. The van der Waals surface area contributed by atoms with Gasteiger partial charge in [-0.2, -0.15) is 17.5 Å². The molecule has 23 heavy (non-hydrogen) atoms. The van der Waals surface area contributed by atoms with Crippen molar-refractivity contribution in [3.63, 3.8) is 0 Å². The number of aromatic carboxylic acids is 1. The van der Waals surface area contributed by atoms with Crippen LogP contribution in [0.2, 0.25) is 0 Å². The van der Waals surface area contributed by atoms with Crippen molar-refractivity contribution in [2.45, 2.75) is 11.1 Å². The van der Waals surface area contributed by atoms with Gasteiger partial charge in [-0.15, -0.1) is 0 Å². The number of H-pyrrole nitrogens is 1. The summed E-state index contributed by atoms with van der Waals surface area (Å²) in [6, 6.07) is 0.888. The SMILES string of the molecule is CN(CCN(C)S(=O)(=O)c1c[nH]c(C(=O)O)c1)C(=O)C(F)(F)F. The Hall–Kier alpha value is -2.08. The molecule has 0 radical (unpaired) electrons. The number of aromatic nitrogens is 1. The Morgan fingerprint density at radius 2 is 1.83 bits per heavy atom. The fourth-order valence-corrected chi connectivity index (χ4v) is 2.71. The second-order valence-electron chi connectivity index (χ2n) is 4.61. The molecule has 1 aromatic rings. The van der Waals surface area contributed by atoms with Gasteiger partial charge in [0, 0.05) is 33.4 Å². The van der Waals surface area contributed by atoms with Gasteiger partial charge in [0.2, 0.25) is 10.0 Å². The van der Waals surface area contributed by atoms with E-state index >= 15 is 0 Å². The third-order valence-electron chi connectivity index (χ3n) is 2.93. The summed E-state index contributed by atoms with van der Waals surface area (Å²) in [7, 11) is -2.09. The molecule has 0 aliphatic heterocycles. The van der Waals surface area contributed by atoms with E-state index in [9.17, 15) is 31.2 Å². The molecule has 1 heterocycles. The highest BCUT2D eigenvalue weighted by atomic mass is 32.2. The van der Waals surface area contributed by atoms with E-state index in [-0.39, 0.29) is 10.6 Å². The van der Waals surface area contributed by atoms with Gasteiger partial charge in [0.05, 0.1) is 0 Å². The molecule has 130 valence electrons. The summed E-state index contributed by atoms with van der Waals surface area (Å²) in [4.78, 5) is 23.9. The smallest absolute Gasteiger partial charge is 0.471 e. The number of aromatic amines is 1. The van der Waals surface area contributed by atoms with Crippen molar-refractivity contribution < 1.29 is 36.3 Å². The third kappa shape index (κ3) is 4.45. The largest absolute Gasteiger partial charge is 0.477 e. The van der Waals surface area contributed by atoms with E-state index < -0.39 is 41.2 Å². The number of nitrogens with zero attached hydrogens (tertiary/aromatic N) is 2. The molecule has 12 heteroatoms. The summed E-state index contributed by atoms with van der Waals surface area (Å²) in [5, 5.41) is 8.73. The van der Waals surface area contributed by atoms with Crippen LogP contribution >= 0.6 is 0 Å². The first-order valence-corrected chi connectivity index (χ1v) is 7.51. The fourth-order valence-electron chi connectivity index (χ4n) is 1.56. The molecule has 1 aromatic heterocycles. The van der Waals surface area contributed by atoms with E-state index in [1.165, 1.54) is 0 Å². The van der Waals surface area contributed by atoms with E-state index in [0.717, 1.165) is 30.7 Å². The molecule has 0 saturated carbocycles. The quantitative estimate of drug-likeness (QED) is 0.763. The van der Waals surface area contributed by atoms with Gasteiger partial charge in [0.15, 0.2) is 0 Å². The van der Waals surface area contributed by atoms with E-state index in [1.54, 1.807) is 0 Å². The topological polar surface area (TPSA) is 111 Å². The van der Waals surface area contributed by atoms with Crippen LogP contribution in [0.25, 0.3) is 0 Å². The van der Waals surface area contributed by atoms with Crippen molar-refractivity contribution in [3.8, 4) is 0 Å². The fraction of sp³-hybridized carbons (Fsp3) is 0.455. The maximum absolute atomic E-state index is 12.2. The van der Waals surface area contributed by atoms with Crippen LogP contribution in [0.15, 0.2) is 17.2 Å². The second-order valence-corrected chi connectivity index (χ2v) is 6.65. The average molecular weight is 357 g/mol. The van der Waals surface area contributed by atoms with Crippen LogP contribution in [-0.2, 0) is 14.8 Å². The zero-order chi connectivity index (χ0) is 18.0. The summed E-state index contributed by atoms with van der Waals surface area (Å²) in [6.45, 7) is -0.876. The number of likely N-dealkylation sites (N-methyl/N-ethyl adjacent to an activating group) is 2. The maximum atomic E-state index is 12.2. The highest BCUT2D eigenvalue weighted by molar-refractivity contribution is 7.89. The predicted molar refractivity (Wildman–Crippen MR) is 71.3 cm³/mol. The summed E-state index contributed by atoms with van der Waals surface area (Å²) in [6.07, 6.45) is -4.08. The number of sulfonamides is 1. The molecule has 0 spiro atoms. The predicted octanol–water partition coefficient (Wildman–Crippen LogP) is 0.354. The molecule has 0 unspecified atom stereocenters. The lowest BCUT2D eigenvalue weighted by Crippen LogP contribution is -2.42. The number of rotatable bonds is 6. The molecule has 8 nitrogen and oxygen atoms in total. The van der Waals surface area contributed by atoms with E-state index in [1.807, 2.05) is 0 Å². The number of halogens is 3. The van der Waals surface area contributed by atoms with Crippen LogP contribution in [0.3, 0.4) is 0 Å². The number of alkyl halides is 3. The molecule has 0 aromatic carbocycles. The summed E-state index contributed by atoms with van der Waals surface area (Å²) < 4.78 is 61.6. The van der Waals surface area contributed by atoms with Gasteiger partial charge in [0.25, 0.3) is 0 Å². The van der Waals surface area contributed by atoms with Crippen LogP contribution in [0.4, 0.5) is 13.2 Å². The first kappa shape index (κ1) is 19.0. The lowest BCUT2D eigenvalue weighted by molar-refractivity contribution is -0.184. The van der Waals surface area contributed by atoms with Crippen LogP contribution in [-0.4, -0.2) is 73.0 Å². The summed E-state index contributed by atoms with van der Waals surface area (Å²) in [5.74, 6) is -3.44. The standard InChI is InChI=1S/C11H14F3N3O5S/c1-16(10(20)11(12,13)14)3-4-17(2)23(21,22)7-5-8(9(18)19)15-6-7/h5-6,15H,3-4H2,1-2H3,(H,18,19). The number of nitrogens with one attached hydrogen (secondary N) is 1. The van der Waals surface area contributed by atoms with Crippen molar-refractivity contribution in [3.05, 3.63) is 18.0 Å². The minimum absolute atomic E-state index is 0.345. The molecule has 0 aliphatic carbocycles. The van der Waals surface area contributed by atoms with Crippen LogP contribution < -0.4 is 0 Å². The molecular weight excluding hydrogens is 343 g/mol. The van der Waals surface area contributed by atoms with Gasteiger partial charge in [-0.05, 0) is 6.07 Å². The Kier molecular flexibility index (Phi) is 5.43. The lowest BCUT2D eigenvalue weighted by atomic mass is 10.4. The molecule has 0 atom stereocenters. The van der Waals surface area contributed by atoms with E-state index in [2.05, 4.69) is 4.98 Å². The van der Waals surface area contributed by atoms with E-state index in [4.69, 9.17) is 5.11 Å². The van der Waals surface area contributed by atoms with Crippen molar-refractivity contribution >= 4 is 21.9 Å². The van der Waals surface area contributed by atoms with Crippen molar-refractivity contribution in [1.82, 2.24) is 14.2 Å². The number of carboxylic acids is 1. The summed E-state index contributed by atoms with van der Waals surface area (Å²) in [5.41, 5.74) is -0.346. The monoisotopic (exact) mass is 357 g/mol. The molecule has 0 aliphatic rings. The van der Waals surface area contributed by atoms with Crippen molar-refractivity contribution in [2.24, 2.45) is 0 Å². The average Bonchev–Trinajstić information content (AvgIpc) is 2.92. The van der Waals surface area contributed by atoms with Gasteiger partial charge in [0.1, 0.15) is 10.6 Å². The number of carbonyl (C=O) groups excluding carboxylic acids is 1. The highest BCUT2D eigenvalue weighted by Gasteiger charge is 2.41. The molecule has 0 fully saturated rings. The minimum atomic E-state index is -5.04. The third-order valence-corrected chi connectivity index (χ3v) is 4.77. The van der Waals surface area contributed by atoms with Crippen molar-refractivity contribution in [2.75, 3.05) is 27.2 Å². The first-order valence-electron chi connectivity index (χ1n) is 6.07. The van der Waals surface area contributed by atoms with Crippen LogP contribution in [0, 0.1) is 0 Å². The Labute approximate surface area is 129 Å². The number of amides is 1. The van der Waals surface area contributed by atoms with Crippen LogP contribution in [0.5, 0.6) is 0 Å². The molecule has 1 amide bonds. The van der Waals surface area contributed by atoms with Gasteiger partial charge < -0.3 is 15.0 Å². The summed E-state index contributed by atoms with van der Waals surface area (Å²) >= 11 is 0. The molecule has 0 saturated heterocycles. The van der Waals surface area contributed by atoms with Gasteiger partial charge in [-0.25, -0.2) is 13.2 Å². The second kappa shape index (κ2) is 6.58. The number of hydrogen-bond donors (Lipinski definition) is 2. The highest BCUT2D eigenvalue weighted by Crippen LogP contribution is 2.18. The Morgan fingerprint density at radius 3 is 2.26 bits per heavy atom.